The molecular weight excluding hydrogens is 443 g/mol. The minimum absolute atomic E-state index is 0.112. The zero-order valence-electron chi connectivity index (χ0n) is 13.7. The highest BCUT2D eigenvalue weighted by Gasteiger charge is 2.55. The molecule has 4 nitrogen and oxygen atoms in total. The number of carbonyl (C=O) groups excluding carboxylic acids is 1. The third-order valence-corrected chi connectivity index (χ3v) is 4.65. The van der Waals surface area contributed by atoms with E-state index in [1.54, 1.807) is 11.0 Å². The molecule has 2 saturated heterocycles. The monoisotopic (exact) mass is 460 g/mol. The Morgan fingerprint density at radius 3 is 2.54 bits per heavy atom. The number of fused-ring (bicyclic) bond motifs is 1. The first-order valence-electron chi connectivity index (χ1n) is 7.74. The Morgan fingerprint density at radius 1 is 1.29 bits per heavy atom. The molecule has 0 spiro atoms. The Kier molecular flexibility index (Phi) is 4.68. The van der Waals surface area contributed by atoms with Crippen molar-refractivity contribution in [2.45, 2.75) is 38.5 Å². The van der Waals surface area contributed by atoms with Crippen LogP contribution in [0.2, 0.25) is 0 Å². The van der Waals surface area contributed by atoms with Crippen molar-refractivity contribution in [3.8, 4) is 0 Å². The lowest BCUT2D eigenvalue weighted by atomic mass is 9.85. The van der Waals surface area contributed by atoms with Gasteiger partial charge < -0.3 is 9.64 Å². The fraction of sp³-hybridized carbons (Fsp3) is 0.471. The van der Waals surface area contributed by atoms with E-state index in [1.807, 2.05) is 37.8 Å². The summed E-state index contributed by atoms with van der Waals surface area (Å²) >= 11 is 6.63. The molecule has 7 heteroatoms. The zero-order chi connectivity index (χ0) is 17.6. The molecule has 1 amide bonds. The highest BCUT2D eigenvalue weighted by atomic mass is 79.9. The molecule has 1 aromatic carbocycles. The van der Waals surface area contributed by atoms with Gasteiger partial charge in [-0.2, -0.15) is 0 Å². The van der Waals surface area contributed by atoms with Gasteiger partial charge in [0, 0.05) is 13.1 Å². The maximum absolute atomic E-state index is 14.2. The summed E-state index contributed by atoms with van der Waals surface area (Å²) in [4.78, 5) is 15.8. The summed E-state index contributed by atoms with van der Waals surface area (Å²) in [5.41, 5.74) is 0.985. The average Bonchev–Trinajstić information content (AvgIpc) is 2.41. The van der Waals surface area contributed by atoms with Crippen molar-refractivity contribution in [3.05, 3.63) is 33.0 Å². The van der Waals surface area contributed by atoms with Gasteiger partial charge in [-0.1, -0.05) is 6.07 Å². The lowest BCUT2D eigenvalue weighted by molar-refractivity contribution is -0.0311. The number of benzene rings is 1. The molecule has 0 aromatic heterocycles. The highest BCUT2D eigenvalue weighted by molar-refractivity contribution is 9.28. The van der Waals surface area contributed by atoms with Crippen LogP contribution in [0.3, 0.4) is 0 Å². The molecule has 0 radical (unpaired) electrons. The van der Waals surface area contributed by atoms with Crippen molar-refractivity contribution in [1.82, 2.24) is 4.90 Å². The minimum Gasteiger partial charge on any atom is -0.444 e. The summed E-state index contributed by atoms with van der Waals surface area (Å²) in [5.74, 6) is -0.244. The van der Waals surface area contributed by atoms with E-state index in [-0.39, 0.29) is 24.0 Å². The molecule has 0 bridgehead atoms. The molecule has 1 aromatic rings. The van der Waals surface area contributed by atoms with Gasteiger partial charge in [-0.3, -0.25) is 4.90 Å². The Bertz CT molecular complexity index is 698. The Morgan fingerprint density at radius 2 is 2.00 bits per heavy atom. The summed E-state index contributed by atoms with van der Waals surface area (Å²) in [6, 6.07) is 5.30. The molecule has 2 heterocycles. The standard InChI is InChI=1S/C17H19Br2FN2O2/c1-17(2,3)24-16(23)22-9-13-14(22)8-21(13)12-6-10(7-15(18)19)4-5-11(12)20/h4-7,13-14H,8-9H2,1-3H3/t13?,14-/m1/s1. The van der Waals surface area contributed by atoms with Crippen LogP contribution < -0.4 is 4.90 Å². The second-order valence-corrected chi connectivity index (χ2v) is 9.84. The van der Waals surface area contributed by atoms with Crippen LogP contribution in [-0.2, 0) is 4.74 Å². The third-order valence-electron chi connectivity index (χ3n) is 4.20. The van der Waals surface area contributed by atoms with Crippen LogP contribution in [0.1, 0.15) is 26.3 Å². The number of likely N-dealkylation sites (tertiary alicyclic amines) is 1. The number of hydrogen-bond donors (Lipinski definition) is 0. The van der Waals surface area contributed by atoms with Gasteiger partial charge in [0.05, 0.1) is 21.2 Å². The fourth-order valence-electron chi connectivity index (χ4n) is 3.03. The maximum atomic E-state index is 14.2. The molecular formula is C17H19Br2FN2O2. The van der Waals surface area contributed by atoms with Gasteiger partial charge in [-0.15, -0.1) is 0 Å². The van der Waals surface area contributed by atoms with Crippen molar-refractivity contribution in [2.75, 3.05) is 18.0 Å². The van der Waals surface area contributed by atoms with Gasteiger partial charge in [0.1, 0.15) is 11.4 Å². The van der Waals surface area contributed by atoms with Gasteiger partial charge in [0.25, 0.3) is 0 Å². The van der Waals surface area contributed by atoms with E-state index in [0.29, 0.717) is 18.8 Å². The van der Waals surface area contributed by atoms with Crippen molar-refractivity contribution in [1.29, 1.82) is 0 Å². The predicted molar refractivity (Wildman–Crippen MR) is 100 cm³/mol. The molecule has 2 aliphatic heterocycles. The summed E-state index contributed by atoms with van der Waals surface area (Å²) in [6.07, 6.45) is 1.58. The van der Waals surface area contributed by atoms with Crippen molar-refractivity contribution < 1.29 is 13.9 Å². The summed E-state index contributed by atoms with van der Waals surface area (Å²) in [5, 5.41) is 0. The number of halogens is 3. The van der Waals surface area contributed by atoms with Crippen LogP contribution in [0, 0.1) is 5.82 Å². The largest absolute Gasteiger partial charge is 0.444 e. The lowest BCUT2D eigenvalue weighted by Crippen LogP contribution is -2.80. The molecule has 2 fully saturated rings. The van der Waals surface area contributed by atoms with E-state index in [2.05, 4.69) is 31.9 Å². The number of ether oxygens (including phenoxy) is 1. The van der Waals surface area contributed by atoms with Crippen LogP contribution in [-0.4, -0.2) is 41.8 Å². The van der Waals surface area contributed by atoms with Gasteiger partial charge in [0.15, 0.2) is 0 Å². The van der Waals surface area contributed by atoms with Crippen LogP contribution in [0.5, 0.6) is 0 Å². The molecule has 0 aliphatic carbocycles. The third kappa shape index (κ3) is 3.47. The topological polar surface area (TPSA) is 32.8 Å². The van der Waals surface area contributed by atoms with E-state index in [1.165, 1.54) is 6.07 Å². The van der Waals surface area contributed by atoms with Crippen molar-refractivity contribution >= 4 is 49.7 Å². The molecule has 0 saturated carbocycles. The fourth-order valence-corrected chi connectivity index (χ4v) is 3.56. The molecule has 1 unspecified atom stereocenters. The number of carbonyl (C=O) groups is 1. The van der Waals surface area contributed by atoms with Crippen LogP contribution in [0.25, 0.3) is 6.08 Å². The lowest BCUT2D eigenvalue weighted by Gasteiger charge is -2.62. The highest BCUT2D eigenvalue weighted by Crippen LogP contribution is 2.39. The van der Waals surface area contributed by atoms with Crippen molar-refractivity contribution in [2.24, 2.45) is 0 Å². The smallest absolute Gasteiger partial charge is 0.410 e. The maximum Gasteiger partial charge on any atom is 0.410 e. The summed E-state index contributed by atoms with van der Waals surface area (Å²) < 4.78 is 20.4. The number of hydrogen-bond acceptors (Lipinski definition) is 3. The summed E-state index contributed by atoms with van der Waals surface area (Å²) in [7, 11) is 0. The Hall–Kier alpha value is -1.08. The van der Waals surface area contributed by atoms with E-state index in [0.717, 1.165) is 8.96 Å². The van der Waals surface area contributed by atoms with Crippen LogP contribution in [0.15, 0.2) is 21.6 Å². The number of amides is 1. The SMILES string of the molecule is CC(C)(C)OC(=O)N1CC2[C@H]1CN2c1cc(C=C(Br)Br)ccc1F. The van der Waals surface area contributed by atoms with Gasteiger partial charge in [0.2, 0.25) is 0 Å². The normalized spacial score (nSPS) is 22.2. The molecule has 0 N–H and O–H groups in total. The predicted octanol–water partition coefficient (Wildman–Crippen LogP) is 4.72. The minimum atomic E-state index is -0.499. The quantitative estimate of drug-likeness (QED) is 0.638. The molecule has 130 valence electrons. The van der Waals surface area contributed by atoms with Crippen molar-refractivity contribution in [3.63, 3.8) is 0 Å². The van der Waals surface area contributed by atoms with Gasteiger partial charge >= 0.3 is 6.09 Å². The Balaban J connectivity index is 1.67. The van der Waals surface area contributed by atoms with Crippen LogP contribution >= 0.6 is 31.9 Å². The zero-order valence-corrected chi connectivity index (χ0v) is 16.9. The second-order valence-electron chi connectivity index (χ2n) is 7.06. The summed E-state index contributed by atoms with van der Waals surface area (Å²) in [6.45, 7) is 6.76. The first-order chi connectivity index (χ1) is 11.2. The van der Waals surface area contributed by atoms with E-state index >= 15 is 0 Å². The van der Waals surface area contributed by atoms with Crippen LogP contribution in [0.4, 0.5) is 14.9 Å². The molecule has 24 heavy (non-hydrogen) atoms. The van der Waals surface area contributed by atoms with Gasteiger partial charge in [-0.05, 0) is 76.4 Å². The van der Waals surface area contributed by atoms with E-state index in [4.69, 9.17) is 4.74 Å². The van der Waals surface area contributed by atoms with E-state index < -0.39 is 5.60 Å². The number of nitrogens with zero attached hydrogens (tertiary/aromatic N) is 2. The Labute approximate surface area is 157 Å². The first-order valence-corrected chi connectivity index (χ1v) is 9.33. The number of piperazine rings is 1. The molecule has 3 rings (SSSR count). The van der Waals surface area contributed by atoms with Gasteiger partial charge in [-0.25, -0.2) is 9.18 Å². The molecule has 2 atom stereocenters. The second kappa shape index (κ2) is 6.33. The van der Waals surface area contributed by atoms with E-state index in [9.17, 15) is 9.18 Å². The number of anilines is 1. The first kappa shape index (κ1) is 17.7. The average molecular weight is 462 g/mol. The number of rotatable bonds is 2. The molecule has 2 aliphatic rings.